The number of nitrogens with one attached hydrogen (secondary N) is 1. The number of ether oxygens (including phenoxy) is 2. The Morgan fingerprint density at radius 2 is 1.92 bits per heavy atom. The third kappa shape index (κ3) is 4.01. The van der Waals surface area contributed by atoms with Crippen LogP contribution in [0.4, 0.5) is 5.69 Å². The molecule has 0 bridgehead atoms. The molecule has 0 fully saturated rings. The maximum Gasteiger partial charge on any atom is 0.337 e. The van der Waals surface area contributed by atoms with Crippen molar-refractivity contribution in [3.8, 4) is 5.75 Å². The van der Waals surface area contributed by atoms with Crippen molar-refractivity contribution in [1.82, 2.24) is 0 Å². The largest absolute Gasteiger partial charge is 0.496 e. The Kier molecular flexibility index (Phi) is 5.73. The number of amides is 1. The summed E-state index contributed by atoms with van der Waals surface area (Å²) in [6.45, 7) is 3.71. The highest BCUT2D eigenvalue weighted by Crippen LogP contribution is 2.22. The van der Waals surface area contributed by atoms with E-state index in [0.717, 1.165) is 5.56 Å². The summed E-state index contributed by atoms with van der Waals surface area (Å²) in [6.07, 6.45) is 2.35. The molecule has 2 aromatic carbocycles. The van der Waals surface area contributed by atoms with Gasteiger partial charge in [-0.25, -0.2) is 4.79 Å². The SMILES string of the molecule is C=CCc1cc(C(=O)Nc2cccc(C(=O)OC)c2)ccc1OC. The van der Waals surface area contributed by atoms with Crippen molar-refractivity contribution in [2.45, 2.75) is 6.42 Å². The molecule has 1 amide bonds. The molecule has 0 aromatic heterocycles. The molecule has 0 aliphatic carbocycles. The van der Waals surface area contributed by atoms with Gasteiger partial charge in [0.05, 0.1) is 19.8 Å². The molecule has 0 saturated heterocycles. The third-order valence-corrected chi connectivity index (χ3v) is 3.45. The molecule has 0 aliphatic heterocycles. The predicted octanol–water partition coefficient (Wildman–Crippen LogP) is 3.46. The van der Waals surface area contributed by atoms with E-state index < -0.39 is 5.97 Å². The van der Waals surface area contributed by atoms with E-state index in [0.29, 0.717) is 29.0 Å². The van der Waals surface area contributed by atoms with Crippen LogP contribution in [0.15, 0.2) is 55.1 Å². The predicted molar refractivity (Wildman–Crippen MR) is 92.6 cm³/mol. The topological polar surface area (TPSA) is 64.6 Å². The van der Waals surface area contributed by atoms with Crippen LogP contribution in [-0.2, 0) is 11.2 Å². The Morgan fingerprint density at radius 1 is 1.12 bits per heavy atom. The number of allylic oxidation sites excluding steroid dienone is 1. The molecule has 124 valence electrons. The van der Waals surface area contributed by atoms with E-state index in [1.807, 2.05) is 0 Å². The smallest absolute Gasteiger partial charge is 0.337 e. The van der Waals surface area contributed by atoms with Crippen LogP contribution in [0.25, 0.3) is 0 Å². The molecule has 0 unspecified atom stereocenters. The second-order valence-electron chi connectivity index (χ2n) is 5.05. The zero-order valence-corrected chi connectivity index (χ0v) is 13.7. The minimum Gasteiger partial charge on any atom is -0.496 e. The number of esters is 1. The van der Waals surface area contributed by atoms with E-state index in [2.05, 4.69) is 16.6 Å². The van der Waals surface area contributed by atoms with Gasteiger partial charge in [-0.05, 0) is 48.4 Å². The molecule has 0 radical (unpaired) electrons. The Bertz CT molecular complexity index is 768. The van der Waals surface area contributed by atoms with Crippen LogP contribution in [0, 0.1) is 0 Å². The molecule has 0 saturated carbocycles. The first kappa shape index (κ1) is 17.3. The number of carbonyl (C=O) groups excluding carboxylic acids is 2. The van der Waals surface area contributed by atoms with Gasteiger partial charge < -0.3 is 14.8 Å². The maximum absolute atomic E-state index is 12.4. The minimum absolute atomic E-state index is 0.273. The summed E-state index contributed by atoms with van der Waals surface area (Å²) in [5.74, 6) is -0.0204. The lowest BCUT2D eigenvalue weighted by Gasteiger charge is -2.10. The number of anilines is 1. The van der Waals surface area contributed by atoms with Crippen LogP contribution in [0.3, 0.4) is 0 Å². The van der Waals surface area contributed by atoms with Gasteiger partial charge in [0.1, 0.15) is 5.75 Å². The molecule has 1 N–H and O–H groups in total. The third-order valence-electron chi connectivity index (χ3n) is 3.45. The minimum atomic E-state index is -0.455. The fourth-order valence-corrected chi connectivity index (χ4v) is 2.28. The lowest BCUT2D eigenvalue weighted by atomic mass is 10.1. The summed E-state index contributed by atoms with van der Waals surface area (Å²) >= 11 is 0. The highest BCUT2D eigenvalue weighted by atomic mass is 16.5. The standard InChI is InChI=1S/C19H19NO4/c1-4-6-13-11-14(9-10-17(13)23-2)18(21)20-16-8-5-7-15(12-16)19(22)24-3/h4-5,7-12H,1,6H2,2-3H3,(H,20,21). The van der Waals surface area contributed by atoms with Gasteiger partial charge >= 0.3 is 5.97 Å². The van der Waals surface area contributed by atoms with Crippen molar-refractivity contribution in [3.63, 3.8) is 0 Å². The van der Waals surface area contributed by atoms with Gasteiger partial charge in [-0.2, -0.15) is 0 Å². The second-order valence-corrected chi connectivity index (χ2v) is 5.05. The second kappa shape index (κ2) is 7.97. The molecular formula is C19H19NO4. The van der Waals surface area contributed by atoms with Crippen LogP contribution in [-0.4, -0.2) is 26.1 Å². The number of benzene rings is 2. The molecule has 2 rings (SSSR count). The summed E-state index contributed by atoms with van der Waals surface area (Å²) in [5.41, 5.74) is 2.26. The van der Waals surface area contributed by atoms with E-state index in [1.165, 1.54) is 7.11 Å². The summed E-state index contributed by atoms with van der Waals surface area (Å²) in [4.78, 5) is 24.0. The van der Waals surface area contributed by atoms with Crippen molar-refractivity contribution in [2.24, 2.45) is 0 Å². The van der Waals surface area contributed by atoms with Gasteiger partial charge in [-0.15, -0.1) is 6.58 Å². The Balaban J connectivity index is 2.22. The molecule has 2 aromatic rings. The first-order valence-corrected chi connectivity index (χ1v) is 7.36. The van der Waals surface area contributed by atoms with Crippen molar-refractivity contribution < 1.29 is 19.1 Å². The summed E-state index contributed by atoms with van der Waals surface area (Å²) in [5, 5.41) is 2.77. The Morgan fingerprint density at radius 3 is 2.58 bits per heavy atom. The van der Waals surface area contributed by atoms with Gasteiger partial charge in [-0.3, -0.25) is 4.79 Å². The van der Waals surface area contributed by atoms with Crippen molar-refractivity contribution in [3.05, 3.63) is 71.8 Å². The van der Waals surface area contributed by atoms with E-state index in [4.69, 9.17) is 4.74 Å². The number of hydrogen-bond acceptors (Lipinski definition) is 4. The molecule has 0 aliphatic rings. The van der Waals surface area contributed by atoms with Crippen molar-refractivity contribution in [1.29, 1.82) is 0 Å². The molecule has 0 spiro atoms. The van der Waals surface area contributed by atoms with Gasteiger partial charge in [0.25, 0.3) is 5.91 Å². The lowest BCUT2D eigenvalue weighted by Crippen LogP contribution is -2.13. The number of rotatable bonds is 6. The van der Waals surface area contributed by atoms with Crippen LogP contribution in [0.2, 0.25) is 0 Å². The number of methoxy groups -OCH3 is 2. The van der Waals surface area contributed by atoms with Crippen LogP contribution in [0.1, 0.15) is 26.3 Å². The van der Waals surface area contributed by atoms with Crippen LogP contribution in [0.5, 0.6) is 5.75 Å². The van der Waals surface area contributed by atoms with E-state index in [-0.39, 0.29) is 5.91 Å². The fourth-order valence-electron chi connectivity index (χ4n) is 2.28. The van der Waals surface area contributed by atoms with Gasteiger partial charge in [0.2, 0.25) is 0 Å². The Labute approximate surface area is 140 Å². The normalized spacial score (nSPS) is 9.92. The van der Waals surface area contributed by atoms with Crippen LogP contribution >= 0.6 is 0 Å². The van der Waals surface area contributed by atoms with E-state index in [9.17, 15) is 9.59 Å². The first-order chi connectivity index (χ1) is 11.6. The molecular weight excluding hydrogens is 306 g/mol. The van der Waals surface area contributed by atoms with Crippen molar-refractivity contribution in [2.75, 3.05) is 19.5 Å². The van der Waals surface area contributed by atoms with Gasteiger partial charge in [-0.1, -0.05) is 12.1 Å². The maximum atomic E-state index is 12.4. The van der Waals surface area contributed by atoms with Crippen molar-refractivity contribution >= 4 is 17.6 Å². The average molecular weight is 325 g/mol. The van der Waals surface area contributed by atoms with Gasteiger partial charge in [0.15, 0.2) is 0 Å². The van der Waals surface area contributed by atoms with E-state index in [1.54, 1.807) is 55.7 Å². The molecule has 5 nitrogen and oxygen atoms in total. The first-order valence-electron chi connectivity index (χ1n) is 7.36. The highest BCUT2D eigenvalue weighted by Gasteiger charge is 2.11. The molecule has 0 atom stereocenters. The number of carbonyl (C=O) groups is 2. The summed E-state index contributed by atoms with van der Waals surface area (Å²) < 4.78 is 9.95. The summed E-state index contributed by atoms with van der Waals surface area (Å²) in [6, 6.07) is 11.8. The van der Waals surface area contributed by atoms with Crippen LogP contribution < -0.4 is 10.1 Å². The summed E-state index contributed by atoms with van der Waals surface area (Å²) in [7, 11) is 2.89. The highest BCUT2D eigenvalue weighted by molar-refractivity contribution is 6.05. The molecule has 0 heterocycles. The lowest BCUT2D eigenvalue weighted by molar-refractivity contribution is 0.0600. The van der Waals surface area contributed by atoms with Gasteiger partial charge in [0, 0.05) is 11.3 Å². The fraction of sp³-hybridized carbons (Fsp3) is 0.158. The average Bonchev–Trinajstić information content (AvgIpc) is 2.61. The number of hydrogen-bond donors (Lipinski definition) is 1. The van der Waals surface area contributed by atoms with E-state index >= 15 is 0 Å². The molecule has 24 heavy (non-hydrogen) atoms. The quantitative estimate of drug-likeness (QED) is 0.652. The zero-order valence-electron chi connectivity index (χ0n) is 13.7. The molecule has 5 heteroatoms. The monoisotopic (exact) mass is 325 g/mol. The Hall–Kier alpha value is -3.08. The zero-order chi connectivity index (χ0) is 17.5.